The van der Waals surface area contributed by atoms with Gasteiger partial charge in [0, 0.05) is 11.6 Å². The highest BCUT2D eigenvalue weighted by Crippen LogP contribution is 2.29. The first kappa shape index (κ1) is 24.7. The zero-order chi connectivity index (χ0) is 24.0. The number of hydrogen-bond donors (Lipinski definition) is 1. The summed E-state index contributed by atoms with van der Waals surface area (Å²) in [6, 6.07) is 17.6. The molecule has 3 aromatic carbocycles. The number of nitrogens with one attached hydrogen (secondary N) is 1. The van der Waals surface area contributed by atoms with Crippen molar-refractivity contribution in [2.45, 2.75) is 31.6 Å². The van der Waals surface area contributed by atoms with Gasteiger partial charge in [0.1, 0.15) is 12.4 Å². The van der Waals surface area contributed by atoms with Gasteiger partial charge in [0.05, 0.1) is 10.6 Å². The summed E-state index contributed by atoms with van der Waals surface area (Å²) < 4.78 is 41.0. The molecule has 0 aliphatic heterocycles. The summed E-state index contributed by atoms with van der Waals surface area (Å²) >= 11 is 6.05. The summed E-state index contributed by atoms with van der Waals surface area (Å²) in [6.45, 7) is 3.62. The van der Waals surface area contributed by atoms with E-state index >= 15 is 0 Å². The minimum absolute atomic E-state index is 0.103. The molecular weight excluding hydrogens is 463 g/mol. The summed E-state index contributed by atoms with van der Waals surface area (Å²) in [5, 5.41) is 3.26. The van der Waals surface area contributed by atoms with Crippen LogP contribution in [0.5, 0.6) is 0 Å². The van der Waals surface area contributed by atoms with E-state index in [0.717, 1.165) is 15.4 Å². The molecule has 3 aromatic rings. The van der Waals surface area contributed by atoms with E-state index in [1.807, 2.05) is 6.92 Å². The highest BCUT2D eigenvalue weighted by atomic mass is 35.5. The maximum atomic E-state index is 13.4. The predicted molar refractivity (Wildman–Crippen MR) is 130 cm³/mol. The second-order valence-electron chi connectivity index (χ2n) is 7.84. The van der Waals surface area contributed by atoms with Crippen LogP contribution in [0.2, 0.25) is 5.02 Å². The smallest absolute Gasteiger partial charge is 0.264 e. The van der Waals surface area contributed by atoms with E-state index in [1.54, 1.807) is 49.4 Å². The van der Waals surface area contributed by atoms with Crippen LogP contribution in [0.15, 0.2) is 71.6 Å². The molecule has 0 heterocycles. The predicted octanol–water partition coefficient (Wildman–Crippen LogP) is 5.04. The van der Waals surface area contributed by atoms with E-state index in [4.69, 9.17) is 11.6 Å². The van der Waals surface area contributed by atoms with Crippen LogP contribution in [-0.2, 0) is 21.2 Å². The first-order chi connectivity index (χ1) is 15.7. The van der Waals surface area contributed by atoms with E-state index in [2.05, 4.69) is 5.32 Å². The van der Waals surface area contributed by atoms with Gasteiger partial charge in [-0.1, -0.05) is 41.4 Å². The van der Waals surface area contributed by atoms with E-state index in [-0.39, 0.29) is 17.3 Å². The van der Waals surface area contributed by atoms with Gasteiger partial charge in [0.2, 0.25) is 5.91 Å². The third-order valence-electron chi connectivity index (χ3n) is 5.20. The molecule has 0 aliphatic rings. The van der Waals surface area contributed by atoms with Crippen molar-refractivity contribution in [2.24, 2.45) is 0 Å². The lowest BCUT2D eigenvalue weighted by molar-refractivity contribution is -0.119. The number of amides is 1. The van der Waals surface area contributed by atoms with Gasteiger partial charge in [-0.25, -0.2) is 12.8 Å². The van der Waals surface area contributed by atoms with E-state index < -0.39 is 15.9 Å². The van der Waals surface area contributed by atoms with Crippen LogP contribution in [0.1, 0.15) is 23.1 Å². The fraction of sp³-hybridized carbons (Fsp3) is 0.240. The monoisotopic (exact) mass is 488 g/mol. The molecule has 5 nitrogen and oxygen atoms in total. The highest BCUT2D eigenvalue weighted by Gasteiger charge is 2.28. The molecule has 0 unspecified atom stereocenters. The number of benzene rings is 3. The second kappa shape index (κ2) is 10.8. The van der Waals surface area contributed by atoms with E-state index in [0.29, 0.717) is 35.7 Å². The number of halogens is 2. The Bertz CT molecular complexity index is 1210. The number of aryl methyl sites for hydroxylation is 3. The first-order valence-electron chi connectivity index (χ1n) is 10.5. The Balaban J connectivity index is 1.74. The Labute approximate surface area is 199 Å². The third kappa shape index (κ3) is 6.55. The SMILES string of the molecule is Cc1ccc(S(=O)(=O)N(CC(=O)NCCCc2ccc(F)cc2)c2ccc(Cl)cc2C)cc1. The number of carbonyl (C=O) groups is 1. The van der Waals surface area contributed by atoms with Crippen molar-refractivity contribution >= 4 is 33.2 Å². The molecule has 33 heavy (non-hydrogen) atoms. The Morgan fingerprint density at radius 3 is 2.30 bits per heavy atom. The Morgan fingerprint density at radius 1 is 1.00 bits per heavy atom. The average molecular weight is 489 g/mol. The molecule has 3 rings (SSSR count). The van der Waals surface area contributed by atoms with Gasteiger partial charge < -0.3 is 5.32 Å². The summed E-state index contributed by atoms with van der Waals surface area (Å²) in [5.41, 5.74) is 2.93. The van der Waals surface area contributed by atoms with Crippen molar-refractivity contribution < 1.29 is 17.6 Å². The highest BCUT2D eigenvalue weighted by molar-refractivity contribution is 7.92. The molecule has 1 N–H and O–H groups in total. The fourth-order valence-corrected chi connectivity index (χ4v) is 5.11. The van der Waals surface area contributed by atoms with Gasteiger partial charge in [-0.15, -0.1) is 0 Å². The number of sulfonamides is 1. The topological polar surface area (TPSA) is 66.5 Å². The lowest BCUT2D eigenvalue weighted by atomic mass is 10.1. The van der Waals surface area contributed by atoms with E-state index in [9.17, 15) is 17.6 Å². The molecule has 0 saturated carbocycles. The van der Waals surface area contributed by atoms with Gasteiger partial charge in [-0.3, -0.25) is 9.10 Å². The molecule has 0 spiro atoms. The number of rotatable bonds is 9. The first-order valence-corrected chi connectivity index (χ1v) is 12.4. The fourth-order valence-electron chi connectivity index (χ4n) is 3.39. The zero-order valence-electron chi connectivity index (χ0n) is 18.5. The Hall–Kier alpha value is -2.90. The van der Waals surface area contributed by atoms with Gasteiger partial charge in [0.15, 0.2) is 0 Å². The molecule has 8 heteroatoms. The van der Waals surface area contributed by atoms with Gasteiger partial charge in [0.25, 0.3) is 10.0 Å². The maximum absolute atomic E-state index is 13.4. The number of hydrogen-bond acceptors (Lipinski definition) is 3. The lowest BCUT2D eigenvalue weighted by Crippen LogP contribution is -2.41. The van der Waals surface area contributed by atoms with E-state index in [1.165, 1.54) is 24.3 Å². The molecule has 0 aliphatic carbocycles. The summed E-state index contributed by atoms with van der Waals surface area (Å²) in [4.78, 5) is 12.8. The quantitative estimate of drug-likeness (QED) is 0.429. The molecule has 1 amide bonds. The second-order valence-corrected chi connectivity index (χ2v) is 10.1. The van der Waals surface area contributed by atoms with Crippen molar-refractivity contribution in [3.63, 3.8) is 0 Å². The zero-order valence-corrected chi connectivity index (χ0v) is 20.1. The Morgan fingerprint density at radius 2 is 1.67 bits per heavy atom. The summed E-state index contributed by atoms with van der Waals surface area (Å²) in [5.74, 6) is -0.710. The normalized spacial score (nSPS) is 11.3. The number of anilines is 1. The maximum Gasteiger partial charge on any atom is 0.264 e. The molecular formula is C25H26ClFN2O3S. The molecule has 0 radical (unpaired) electrons. The van der Waals surface area contributed by atoms with Crippen LogP contribution >= 0.6 is 11.6 Å². The van der Waals surface area contributed by atoms with Crippen molar-refractivity contribution in [3.05, 3.63) is 94.3 Å². The minimum atomic E-state index is -3.99. The number of nitrogens with zero attached hydrogens (tertiary/aromatic N) is 1. The molecule has 0 bridgehead atoms. The standard InChI is InChI=1S/C25H26ClFN2O3S/c1-18-5-12-23(13-6-18)33(31,32)29(24-14-9-21(26)16-19(24)2)17-25(30)28-15-3-4-20-7-10-22(27)11-8-20/h5-14,16H,3-4,15,17H2,1-2H3,(H,28,30). The van der Waals surface area contributed by atoms with Gasteiger partial charge in [-0.05, 0) is 80.3 Å². The molecule has 0 aromatic heterocycles. The minimum Gasteiger partial charge on any atom is -0.355 e. The van der Waals surface area contributed by atoms with Crippen LogP contribution in [-0.4, -0.2) is 27.4 Å². The van der Waals surface area contributed by atoms with Crippen molar-refractivity contribution in [1.82, 2.24) is 5.32 Å². The van der Waals surface area contributed by atoms with Crippen molar-refractivity contribution in [3.8, 4) is 0 Å². The summed E-state index contributed by atoms with van der Waals surface area (Å²) in [7, 11) is -3.99. The average Bonchev–Trinajstić information content (AvgIpc) is 2.77. The van der Waals surface area contributed by atoms with Crippen LogP contribution < -0.4 is 9.62 Å². The molecule has 0 fully saturated rings. The van der Waals surface area contributed by atoms with Crippen LogP contribution in [0.25, 0.3) is 0 Å². The van der Waals surface area contributed by atoms with Crippen LogP contribution in [0.4, 0.5) is 10.1 Å². The number of carbonyl (C=O) groups excluding carboxylic acids is 1. The summed E-state index contributed by atoms with van der Waals surface area (Å²) in [6.07, 6.45) is 1.31. The van der Waals surface area contributed by atoms with Crippen molar-refractivity contribution in [2.75, 3.05) is 17.4 Å². The van der Waals surface area contributed by atoms with Gasteiger partial charge >= 0.3 is 0 Å². The van der Waals surface area contributed by atoms with Crippen LogP contribution in [0.3, 0.4) is 0 Å². The largest absolute Gasteiger partial charge is 0.355 e. The molecule has 0 atom stereocenters. The van der Waals surface area contributed by atoms with Crippen molar-refractivity contribution in [1.29, 1.82) is 0 Å². The van der Waals surface area contributed by atoms with Gasteiger partial charge in [-0.2, -0.15) is 0 Å². The molecule has 174 valence electrons. The Kier molecular flexibility index (Phi) is 8.10. The molecule has 0 saturated heterocycles. The third-order valence-corrected chi connectivity index (χ3v) is 7.21. The van der Waals surface area contributed by atoms with Crippen LogP contribution in [0, 0.1) is 19.7 Å². The lowest BCUT2D eigenvalue weighted by Gasteiger charge is -2.26.